The molecule has 2 heterocycles. The van der Waals surface area contributed by atoms with Gasteiger partial charge in [-0.3, -0.25) is 9.48 Å². The summed E-state index contributed by atoms with van der Waals surface area (Å²) in [4.78, 5) is 24.7. The van der Waals surface area contributed by atoms with Gasteiger partial charge >= 0.3 is 11.9 Å². The third kappa shape index (κ3) is 4.74. The number of rotatable bonds is 9. The smallest absolute Gasteiger partial charge is 0.354 e. The standard InChI is InChI=1S/C28H30FN3O6/c1-16-24(22(15-33)30-32(16)14-17-6-8-18(36-3)9-7-17)25-21(29)12-10-19-20(11-13-23(34)37-4)27(28(35)38-5)31(2)26(19)25/h6-10,12,33H,11,13-15H2,1-5H3. The molecule has 2 aromatic carbocycles. The zero-order chi connectivity index (χ0) is 27.6. The van der Waals surface area contributed by atoms with Crippen molar-refractivity contribution in [2.45, 2.75) is 32.9 Å². The zero-order valence-electron chi connectivity index (χ0n) is 22.0. The molecule has 0 saturated carbocycles. The Hall–Kier alpha value is -4.18. The molecule has 0 aliphatic heterocycles. The Balaban J connectivity index is 1.92. The van der Waals surface area contributed by atoms with E-state index in [4.69, 9.17) is 14.2 Å². The Bertz CT molecular complexity index is 1500. The molecule has 200 valence electrons. The van der Waals surface area contributed by atoms with Crippen LogP contribution in [0.25, 0.3) is 22.0 Å². The number of esters is 2. The lowest BCUT2D eigenvalue weighted by Gasteiger charge is -2.11. The van der Waals surface area contributed by atoms with Crippen LogP contribution in [0.4, 0.5) is 4.39 Å². The Morgan fingerprint density at radius 3 is 2.34 bits per heavy atom. The third-order valence-electron chi connectivity index (χ3n) is 6.76. The highest BCUT2D eigenvalue weighted by Crippen LogP contribution is 2.39. The second-order valence-corrected chi connectivity index (χ2v) is 8.84. The maximum absolute atomic E-state index is 15.7. The van der Waals surface area contributed by atoms with Gasteiger partial charge < -0.3 is 23.9 Å². The topological polar surface area (TPSA) is 105 Å². The lowest BCUT2D eigenvalue weighted by Crippen LogP contribution is -2.11. The number of carbonyl (C=O) groups is 2. The number of fused-ring (bicyclic) bond motifs is 1. The number of hydrogen-bond donors (Lipinski definition) is 1. The van der Waals surface area contributed by atoms with Crippen molar-refractivity contribution < 1.29 is 33.3 Å². The van der Waals surface area contributed by atoms with Gasteiger partial charge in [-0.1, -0.05) is 12.1 Å². The van der Waals surface area contributed by atoms with E-state index in [2.05, 4.69) is 5.10 Å². The molecular weight excluding hydrogens is 493 g/mol. The highest BCUT2D eigenvalue weighted by atomic mass is 19.1. The fourth-order valence-corrected chi connectivity index (χ4v) is 4.88. The number of benzene rings is 2. The van der Waals surface area contributed by atoms with Crippen LogP contribution in [0, 0.1) is 12.7 Å². The Morgan fingerprint density at radius 2 is 1.74 bits per heavy atom. The molecule has 0 spiro atoms. The summed E-state index contributed by atoms with van der Waals surface area (Å²) in [6, 6.07) is 10.4. The summed E-state index contributed by atoms with van der Waals surface area (Å²) >= 11 is 0. The van der Waals surface area contributed by atoms with Crippen LogP contribution in [-0.4, -0.2) is 52.7 Å². The van der Waals surface area contributed by atoms with E-state index >= 15 is 4.39 Å². The summed E-state index contributed by atoms with van der Waals surface area (Å²) < 4.78 is 34.0. The minimum atomic E-state index is -0.607. The third-order valence-corrected chi connectivity index (χ3v) is 6.76. The Labute approximate surface area is 219 Å². The van der Waals surface area contributed by atoms with E-state index < -0.39 is 24.4 Å². The van der Waals surface area contributed by atoms with Gasteiger partial charge in [-0.2, -0.15) is 5.10 Å². The SMILES string of the molecule is COC(=O)CCc1c(C(=O)OC)n(C)c2c(-c3c(CO)nn(Cc4ccc(OC)cc4)c3C)c(F)ccc12. The molecule has 10 heteroatoms. The molecular formula is C28H30FN3O6. The first-order valence-corrected chi connectivity index (χ1v) is 12.0. The van der Waals surface area contributed by atoms with Gasteiger partial charge in [0.05, 0.1) is 45.7 Å². The first-order chi connectivity index (χ1) is 18.2. The van der Waals surface area contributed by atoms with Crippen LogP contribution in [0.3, 0.4) is 0 Å². The zero-order valence-corrected chi connectivity index (χ0v) is 22.0. The van der Waals surface area contributed by atoms with Gasteiger partial charge in [0, 0.05) is 35.7 Å². The second kappa shape index (κ2) is 11.1. The molecule has 4 aromatic rings. The molecule has 0 fully saturated rings. The lowest BCUT2D eigenvalue weighted by atomic mass is 9.97. The van der Waals surface area contributed by atoms with Gasteiger partial charge in [0.15, 0.2) is 0 Å². The summed E-state index contributed by atoms with van der Waals surface area (Å²) in [5.74, 6) is -0.844. The maximum Gasteiger partial charge on any atom is 0.354 e. The van der Waals surface area contributed by atoms with Crippen LogP contribution < -0.4 is 4.74 Å². The molecule has 0 aliphatic carbocycles. The lowest BCUT2D eigenvalue weighted by molar-refractivity contribution is -0.140. The highest BCUT2D eigenvalue weighted by molar-refractivity contribution is 6.05. The number of aliphatic hydroxyl groups excluding tert-OH is 1. The van der Waals surface area contributed by atoms with E-state index in [1.54, 1.807) is 29.5 Å². The molecule has 38 heavy (non-hydrogen) atoms. The average molecular weight is 524 g/mol. The molecule has 9 nitrogen and oxygen atoms in total. The van der Waals surface area contributed by atoms with Crippen molar-refractivity contribution in [2.75, 3.05) is 21.3 Å². The number of aliphatic hydroxyl groups is 1. The average Bonchev–Trinajstić information content (AvgIpc) is 3.39. The van der Waals surface area contributed by atoms with Crippen LogP contribution in [0.1, 0.15) is 39.4 Å². The summed E-state index contributed by atoms with van der Waals surface area (Å²) in [6.45, 7) is 1.79. The van der Waals surface area contributed by atoms with Crippen molar-refractivity contribution in [1.29, 1.82) is 0 Å². The van der Waals surface area contributed by atoms with E-state index in [1.807, 2.05) is 31.2 Å². The quantitative estimate of drug-likeness (QED) is 0.332. The number of nitrogens with zero attached hydrogens (tertiary/aromatic N) is 3. The highest BCUT2D eigenvalue weighted by Gasteiger charge is 2.28. The molecule has 0 unspecified atom stereocenters. The monoisotopic (exact) mass is 523 g/mol. The Morgan fingerprint density at radius 1 is 1.03 bits per heavy atom. The largest absolute Gasteiger partial charge is 0.497 e. The van der Waals surface area contributed by atoms with Crippen molar-refractivity contribution in [1.82, 2.24) is 14.3 Å². The number of ether oxygens (including phenoxy) is 3. The second-order valence-electron chi connectivity index (χ2n) is 8.84. The summed E-state index contributed by atoms with van der Waals surface area (Å²) in [5, 5.41) is 15.4. The van der Waals surface area contributed by atoms with Crippen molar-refractivity contribution in [3.8, 4) is 16.9 Å². The van der Waals surface area contributed by atoms with Crippen LogP contribution in [0.5, 0.6) is 5.75 Å². The van der Waals surface area contributed by atoms with E-state index in [0.29, 0.717) is 40.0 Å². The first kappa shape index (κ1) is 26.9. The fourth-order valence-electron chi connectivity index (χ4n) is 4.88. The van der Waals surface area contributed by atoms with Crippen LogP contribution in [-0.2, 0) is 40.9 Å². The van der Waals surface area contributed by atoms with Crippen LogP contribution in [0.15, 0.2) is 36.4 Å². The van der Waals surface area contributed by atoms with E-state index in [1.165, 1.54) is 20.3 Å². The van der Waals surface area contributed by atoms with Crippen molar-refractivity contribution in [2.24, 2.45) is 7.05 Å². The van der Waals surface area contributed by atoms with Crippen LogP contribution in [0.2, 0.25) is 0 Å². The Kier molecular flexibility index (Phi) is 7.82. The number of hydrogen-bond acceptors (Lipinski definition) is 7. The number of aromatic nitrogens is 3. The van der Waals surface area contributed by atoms with Gasteiger partial charge in [-0.15, -0.1) is 0 Å². The summed E-state index contributed by atoms with van der Waals surface area (Å²) in [5.41, 5.74) is 3.76. The van der Waals surface area contributed by atoms with Gasteiger partial charge in [0.25, 0.3) is 0 Å². The van der Waals surface area contributed by atoms with Gasteiger partial charge in [0.2, 0.25) is 0 Å². The predicted octanol–water partition coefficient (Wildman–Crippen LogP) is 3.93. The normalized spacial score (nSPS) is 11.1. The fraction of sp³-hybridized carbons (Fsp3) is 0.321. The molecule has 0 bridgehead atoms. The number of aryl methyl sites for hydroxylation is 2. The minimum absolute atomic E-state index is 0.0348. The summed E-state index contributed by atoms with van der Waals surface area (Å²) in [6.07, 6.45) is 0.231. The molecule has 2 aromatic heterocycles. The van der Waals surface area contributed by atoms with Crippen molar-refractivity contribution >= 4 is 22.8 Å². The van der Waals surface area contributed by atoms with Crippen molar-refractivity contribution in [3.05, 3.63) is 70.4 Å². The van der Waals surface area contributed by atoms with Crippen LogP contribution >= 0.6 is 0 Å². The number of methoxy groups -OCH3 is 3. The van der Waals surface area contributed by atoms with Gasteiger partial charge in [-0.25, -0.2) is 9.18 Å². The number of halogens is 1. The minimum Gasteiger partial charge on any atom is -0.497 e. The predicted molar refractivity (Wildman–Crippen MR) is 139 cm³/mol. The first-order valence-electron chi connectivity index (χ1n) is 12.0. The molecule has 0 amide bonds. The van der Waals surface area contributed by atoms with E-state index in [9.17, 15) is 14.7 Å². The molecule has 0 atom stereocenters. The number of carbonyl (C=O) groups excluding carboxylic acids is 2. The molecule has 0 aliphatic rings. The van der Waals surface area contributed by atoms with Gasteiger partial charge in [-0.05, 0) is 48.7 Å². The van der Waals surface area contributed by atoms with E-state index in [0.717, 1.165) is 11.3 Å². The molecule has 0 saturated heterocycles. The molecule has 1 N–H and O–H groups in total. The molecule has 0 radical (unpaired) electrons. The van der Waals surface area contributed by atoms with Crippen molar-refractivity contribution in [3.63, 3.8) is 0 Å². The van der Waals surface area contributed by atoms with E-state index in [-0.39, 0.29) is 24.1 Å². The van der Waals surface area contributed by atoms with Gasteiger partial charge in [0.1, 0.15) is 17.3 Å². The molecule has 4 rings (SSSR count). The maximum atomic E-state index is 15.7. The summed E-state index contributed by atoms with van der Waals surface area (Å²) in [7, 11) is 5.80.